The highest BCUT2D eigenvalue weighted by Crippen LogP contribution is 2.30. The van der Waals surface area contributed by atoms with E-state index in [9.17, 15) is 26.7 Å². The molecule has 3 unspecified atom stereocenters. The van der Waals surface area contributed by atoms with Gasteiger partial charge in [-0.3, -0.25) is 14.9 Å². The number of ether oxygens (including phenoxy) is 1. The number of anilines is 1. The van der Waals surface area contributed by atoms with Gasteiger partial charge in [-0.1, -0.05) is 13.8 Å². The highest BCUT2D eigenvalue weighted by atomic mass is 32.2. The minimum Gasteiger partial charge on any atom is -0.406 e. The molecule has 0 aliphatic carbocycles. The van der Waals surface area contributed by atoms with Crippen LogP contribution in [0, 0.1) is 18.8 Å². The van der Waals surface area contributed by atoms with Crippen molar-refractivity contribution in [2.45, 2.75) is 32.5 Å². The molecule has 0 bridgehead atoms. The molecular weight excluding hydrogens is 427 g/mol. The third-order valence-corrected chi connectivity index (χ3v) is 6.07. The third-order valence-electron chi connectivity index (χ3n) is 5.06. The largest absolute Gasteiger partial charge is 0.573 e. The molecule has 1 fully saturated rings. The van der Waals surface area contributed by atoms with Crippen LogP contribution in [-0.4, -0.2) is 62.7 Å². The van der Waals surface area contributed by atoms with E-state index in [0.29, 0.717) is 31.7 Å². The second-order valence-electron chi connectivity index (χ2n) is 7.43. The minimum atomic E-state index is -4.76. The van der Waals surface area contributed by atoms with Crippen molar-refractivity contribution in [3.8, 4) is 5.75 Å². The van der Waals surface area contributed by atoms with E-state index in [0.717, 1.165) is 5.69 Å². The van der Waals surface area contributed by atoms with E-state index in [1.54, 1.807) is 37.2 Å². The molecule has 12 heteroatoms. The Labute approximate surface area is 175 Å². The van der Waals surface area contributed by atoms with Crippen LogP contribution in [0.4, 0.5) is 18.9 Å². The Morgan fingerprint density at radius 3 is 2.27 bits per heavy atom. The van der Waals surface area contributed by atoms with Crippen molar-refractivity contribution >= 4 is 22.7 Å². The maximum absolute atomic E-state index is 12.4. The van der Waals surface area contributed by atoms with Gasteiger partial charge in [0, 0.05) is 31.9 Å². The number of rotatable bonds is 7. The molecule has 1 aliphatic heterocycles. The topological polar surface area (TPSA) is 102 Å². The monoisotopic (exact) mass is 453 g/mol. The van der Waals surface area contributed by atoms with Crippen molar-refractivity contribution in [3.63, 3.8) is 0 Å². The van der Waals surface area contributed by atoms with Gasteiger partial charge in [-0.15, -0.1) is 13.2 Å². The van der Waals surface area contributed by atoms with E-state index in [-0.39, 0.29) is 11.7 Å². The molecule has 2 rings (SSSR count). The smallest absolute Gasteiger partial charge is 0.406 e. The highest BCUT2D eigenvalue weighted by Gasteiger charge is 2.40. The second kappa shape index (κ2) is 9.94. The van der Waals surface area contributed by atoms with Crippen LogP contribution < -0.4 is 15.1 Å². The van der Waals surface area contributed by atoms with E-state index in [1.165, 1.54) is 12.1 Å². The number of benzene rings is 1. The van der Waals surface area contributed by atoms with Gasteiger partial charge in [0.1, 0.15) is 11.1 Å². The summed E-state index contributed by atoms with van der Waals surface area (Å²) in [5, 5.41) is 8.01. The summed E-state index contributed by atoms with van der Waals surface area (Å²) in [6.07, 6.45) is -4.76. The normalized spacial score (nSPS) is 18.8. The predicted octanol–water partition coefficient (Wildman–Crippen LogP) is 2.34. The van der Waals surface area contributed by atoms with Gasteiger partial charge >= 0.3 is 6.36 Å². The average Bonchev–Trinajstić information content (AvgIpc) is 2.64. The molecule has 0 aromatic heterocycles. The molecule has 170 valence electrons. The summed E-state index contributed by atoms with van der Waals surface area (Å²) < 4.78 is 62.9. The first-order valence-corrected chi connectivity index (χ1v) is 10.5. The molecule has 0 radical (unpaired) electrons. The zero-order valence-electron chi connectivity index (χ0n) is 16.8. The molecule has 1 heterocycles. The van der Waals surface area contributed by atoms with Gasteiger partial charge in [-0.2, -0.15) is 0 Å². The number of alkyl halides is 3. The van der Waals surface area contributed by atoms with Gasteiger partial charge < -0.3 is 14.2 Å². The van der Waals surface area contributed by atoms with Crippen LogP contribution in [0.2, 0.25) is 0 Å². The predicted molar refractivity (Wildman–Crippen MR) is 104 cm³/mol. The highest BCUT2D eigenvalue weighted by molar-refractivity contribution is 7.79. The summed E-state index contributed by atoms with van der Waals surface area (Å²) >= 11 is -2.33. The third kappa shape index (κ3) is 6.06. The Morgan fingerprint density at radius 2 is 1.83 bits per heavy atom. The molecule has 0 spiro atoms. The molecule has 3 N–H and O–H groups in total. The number of amides is 1. The van der Waals surface area contributed by atoms with Gasteiger partial charge in [0.25, 0.3) is 0 Å². The molecular formula is C18H26F3N3O5S. The van der Waals surface area contributed by atoms with Crippen LogP contribution in [-0.2, 0) is 15.9 Å². The number of aryl methyl sites for hydroxylation is 1. The van der Waals surface area contributed by atoms with E-state index in [2.05, 4.69) is 4.74 Å². The Morgan fingerprint density at radius 1 is 1.23 bits per heavy atom. The number of hydroxylamine groups is 1. The maximum Gasteiger partial charge on any atom is 0.573 e. The Hall–Kier alpha value is -1.89. The summed E-state index contributed by atoms with van der Waals surface area (Å²) in [4.78, 5) is 15.7. The minimum absolute atomic E-state index is 0.292. The summed E-state index contributed by atoms with van der Waals surface area (Å²) in [6, 6.07) is 4.10. The van der Waals surface area contributed by atoms with Crippen LogP contribution in [0.1, 0.15) is 19.4 Å². The quantitative estimate of drug-likeness (QED) is 0.331. The molecule has 1 aromatic rings. The van der Waals surface area contributed by atoms with Crippen molar-refractivity contribution in [2.75, 3.05) is 31.1 Å². The van der Waals surface area contributed by atoms with E-state index in [1.807, 2.05) is 4.90 Å². The molecule has 0 saturated carbocycles. The molecule has 1 aliphatic rings. The first-order chi connectivity index (χ1) is 13.9. The summed E-state index contributed by atoms with van der Waals surface area (Å²) in [7, 11) is 0. The molecule has 8 nitrogen and oxygen atoms in total. The standard InChI is InChI=1S/C18H26F3N3O5S/c1-11(2)15(16(25)22-26)17(30(27)28)24-8-6-23(7-9-24)14-5-4-13(10-12(14)3)29-18(19,20)21/h4-5,10-11,15,17,26H,6-9H2,1-3H3,(H,22,25)(H,27,28). The Balaban J connectivity index is 2.12. The first kappa shape index (κ1) is 24.4. The van der Waals surface area contributed by atoms with Gasteiger partial charge in [0.2, 0.25) is 5.91 Å². The lowest BCUT2D eigenvalue weighted by atomic mass is 9.93. The lowest BCUT2D eigenvalue weighted by Crippen LogP contribution is -2.57. The van der Waals surface area contributed by atoms with E-state index in [4.69, 9.17) is 5.21 Å². The number of hydrogen-bond acceptors (Lipinski definition) is 6. The lowest BCUT2D eigenvalue weighted by molar-refractivity contribution is -0.274. The molecule has 1 aromatic carbocycles. The van der Waals surface area contributed by atoms with Crippen molar-refractivity contribution in [2.24, 2.45) is 11.8 Å². The van der Waals surface area contributed by atoms with Crippen molar-refractivity contribution in [3.05, 3.63) is 23.8 Å². The number of carbonyl (C=O) groups is 1. The van der Waals surface area contributed by atoms with Crippen LogP contribution in [0.15, 0.2) is 18.2 Å². The van der Waals surface area contributed by atoms with Crippen molar-refractivity contribution < 1.29 is 36.7 Å². The number of piperazine rings is 1. The fraction of sp³-hybridized carbons (Fsp3) is 0.611. The Bertz CT molecular complexity index is 770. The van der Waals surface area contributed by atoms with Crippen LogP contribution in [0.25, 0.3) is 0 Å². The average molecular weight is 453 g/mol. The zero-order valence-corrected chi connectivity index (χ0v) is 17.7. The zero-order chi connectivity index (χ0) is 22.6. The van der Waals surface area contributed by atoms with Crippen LogP contribution in [0.3, 0.4) is 0 Å². The lowest BCUT2D eigenvalue weighted by Gasteiger charge is -2.42. The fourth-order valence-corrected chi connectivity index (χ4v) is 4.87. The van der Waals surface area contributed by atoms with Crippen molar-refractivity contribution in [1.29, 1.82) is 0 Å². The fourth-order valence-electron chi connectivity index (χ4n) is 3.71. The van der Waals surface area contributed by atoms with E-state index < -0.39 is 34.6 Å². The van der Waals surface area contributed by atoms with Gasteiger partial charge in [0.15, 0.2) is 11.1 Å². The van der Waals surface area contributed by atoms with Crippen LogP contribution >= 0.6 is 0 Å². The Kier molecular flexibility index (Phi) is 8.08. The molecule has 30 heavy (non-hydrogen) atoms. The summed E-state index contributed by atoms with van der Waals surface area (Å²) in [5.74, 6) is -2.21. The second-order valence-corrected chi connectivity index (χ2v) is 8.47. The number of nitrogens with one attached hydrogen (secondary N) is 1. The van der Waals surface area contributed by atoms with E-state index >= 15 is 0 Å². The number of carbonyl (C=O) groups excluding carboxylic acids is 1. The summed E-state index contributed by atoms with van der Waals surface area (Å²) in [6.45, 7) is 6.74. The van der Waals surface area contributed by atoms with Crippen molar-refractivity contribution in [1.82, 2.24) is 10.4 Å². The van der Waals surface area contributed by atoms with Gasteiger partial charge in [0.05, 0.1) is 5.92 Å². The maximum atomic E-state index is 12.4. The number of hydrogen-bond donors (Lipinski definition) is 3. The van der Waals surface area contributed by atoms with Gasteiger partial charge in [-0.05, 0) is 36.6 Å². The number of nitrogens with zero attached hydrogens (tertiary/aromatic N) is 2. The van der Waals surface area contributed by atoms with Crippen LogP contribution in [0.5, 0.6) is 5.75 Å². The molecule has 1 saturated heterocycles. The summed E-state index contributed by atoms with van der Waals surface area (Å²) in [5.41, 5.74) is 2.91. The van der Waals surface area contributed by atoms with Gasteiger partial charge in [-0.25, -0.2) is 9.69 Å². The number of halogens is 3. The molecule has 1 amide bonds. The molecule has 3 atom stereocenters. The first-order valence-electron chi connectivity index (χ1n) is 9.33. The SMILES string of the molecule is Cc1cc(OC(F)(F)F)ccc1N1CCN(C(C(C(=O)NO)C(C)C)S(=O)O)CC1.